The quantitative estimate of drug-likeness (QED) is 0.509. The maximum Gasteiger partial charge on any atom is 0.343 e. The molecule has 0 bridgehead atoms. The van der Waals surface area contributed by atoms with Gasteiger partial charge in [0, 0.05) is 0 Å². The third kappa shape index (κ3) is 1.24. The summed E-state index contributed by atoms with van der Waals surface area (Å²) in [4.78, 5) is 11.0. The number of hydrogen-bond donors (Lipinski definition) is 3. The number of anilines is 1. The molecule has 6 nitrogen and oxygen atoms in total. The van der Waals surface area contributed by atoms with Gasteiger partial charge in [-0.1, -0.05) is 0 Å². The van der Waals surface area contributed by atoms with Gasteiger partial charge in [-0.2, -0.15) is 5.10 Å². The van der Waals surface area contributed by atoms with Crippen molar-refractivity contribution in [2.75, 3.05) is 12.8 Å². The average molecular weight is 171 g/mol. The molecule has 0 radical (unpaired) electrons. The second kappa shape index (κ2) is 3.22. The number of nitrogens with two attached hydrogens (primary N) is 1. The third-order valence-corrected chi connectivity index (χ3v) is 1.42. The van der Waals surface area contributed by atoms with Crippen molar-refractivity contribution in [3.63, 3.8) is 0 Å². The highest BCUT2D eigenvalue weighted by Gasteiger charge is 2.18. The fourth-order valence-electron chi connectivity index (χ4n) is 0.838. The van der Waals surface area contributed by atoms with Crippen LogP contribution in [0.15, 0.2) is 0 Å². The number of hydrogen-bond acceptors (Lipinski definition) is 5. The molecule has 4 N–H and O–H groups in total. The zero-order chi connectivity index (χ0) is 9.14. The van der Waals surface area contributed by atoms with E-state index in [0.29, 0.717) is 0 Å². The van der Waals surface area contributed by atoms with Crippen LogP contribution in [0.25, 0.3) is 0 Å². The molecule has 12 heavy (non-hydrogen) atoms. The van der Waals surface area contributed by atoms with Gasteiger partial charge in [0.2, 0.25) is 0 Å². The van der Waals surface area contributed by atoms with Crippen LogP contribution in [-0.2, 0) is 11.3 Å². The summed E-state index contributed by atoms with van der Waals surface area (Å²) in [6, 6.07) is 0. The molecule has 1 heterocycles. The molecule has 0 aliphatic heterocycles. The highest BCUT2D eigenvalue weighted by atomic mass is 16.5. The minimum Gasteiger partial charge on any atom is -0.465 e. The van der Waals surface area contributed by atoms with E-state index < -0.39 is 5.97 Å². The molecule has 0 spiro atoms. The Labute approximate surface area is 68.3 Å². The van der Waals surface area contributed by atoms with Gasteiger partial charge in [0.15, 0.2) is 5.82 Å². The van der Waals surface area contributed by atoms with Crippen LogP contribution < -0.4 is 5.73 Å². The molecule has 0 atom stereocenters. The van der Waals surface area contributed by atoms with Gasteiger partial charge in [0.05, 0.1) is 19.4 Å². The number of H-pyrrole nitrogens is 1. The van der Waals surface area contributed by atoms with Gasteiger partial charge in [-0.3, -0.25) is 5.10 Å². The Kier molecular flexibility index (Phi) is 2.29. The Morgan fingerprint density at radius 3 is 3.00 bits per heavy atom. The van der Waals surface area contributed by atoms with Crippen LogP contribution in [0, 0.1) is 0 Å². The number of rotatable bonds is 2. The van der Waals surface area contributed by atoms with E-state index in [0.717, 1.165) is 0 Å². The first-order valence-electron chi connectivity index (χ1n) is 3.22. The van der Waals surface area contributed by atoms with Gasteiger partial charge in [0.25, 0.3) is 0 Å². The maximum atomic E-state index is 11.0. The normalized spacial score (nSPS) is 9.83. The Morgan fingerprint density at radius 2 is 2.50 bits per heavy atom. The molecule has 1 rings (SSSR count). The summed E-state index contributed by atoms with van der Waals surface area (Å²) >= 11 is 0. The summed E-state index contributed by atoms with van der Waals surface area (Å²) < 4.78 is 4.43. The van der Waals surface area contributed by atoms with Gasteiger partial charge < -0.3 is 15.6 Å². The summed E-state index contributed by atoms with van der Waals surface area (Å²) in [6.07, 6.45) is 0. The molecule has 0 fully saturated rings. The predicted molar refractivity (Wildman–Crippen MR) is 40.3 cm³/mol. The number of aromatic nitrogens is 2. The van der Waals surface area contributed by atoms with Crippen LogP contribution in [0.1, 0.15) is 16.1 Å². The SMILES string of the molecule is COC(=O)c1c(N)n[nH]c1CO. The van der Waals surface area contributed by atoms with Gasteiger partial charge in [-0.25, -0.2) is 4.79 Å². The third-order valence-electron chi connectivity index (χ3n) is 1.42. The predicted octanol–water partition coefficient (Wildman–Crippen LogP) is -0.729. The van der Waals surface area contributed by atoms with E-state index in [2.05, 4.69) is 14.9 Å². The topological polar surface area (TPSA) is 101 Å². The van der Waals surface area contributed by atoms with E-state index >= 15 is 0 Å². The average Bonchev–Trinajstić information content (AvgIpc) is 2.45. The molecular weight excluding hydrogens is 162 g/mol. The molecule has 66 valence electrons. The molecule has 0 amide bonds. The van der Waals surface area contributed by atoms with Crippen molar-refractivity contribution < 1.29 is 14.6 Å². The first-order chi connectivity index (χ1) is 5.70. The number of nitrogens with zero attached hydrogens (tertiary/aromatic N) is 1. The fraction of sp³-hybridized carbons (Fsp3) is 0.333. The van der Waals surface area contributed by atoms with Crippen LogP contribution in [0.3, 0.4) is 0 Å². The standard InChI is InChI=1S/C6H9N3O3/c1-12-6(11)4-3(2-10)8-9-5(4)7/h10H,2H2,1H3,(H3,7,8,9). The Morgan fingerprint density at radius 1 is 1.83 bits per heavy atom. The Balaban J connectivity index is 3.10. The number of carbonyl (C=O) groups excluding carboxylic acids is 1. The highest BCUT2D eigenvalue weighted by molar-refractivity contribution is 5.95. The van der Waals surface area contributed by atoms with Crippen molar-refractivity contribution in [2.24, 2.45) is 0 Å². The minimum atomic E-state index is -0.606. The van der Waals surface area contributed by atoms with E-state index in [1.165, 1.54) is 7.11 Å². The fourth-order valence-corrected chi connectivity index (χ4v) is 0.838. The number of nitrogens with one attached hydrogen (secondary N) is 1. The molecule has 1 aromatic rings. The van der Waals surface area contributed by atoms with Gasteiger partial charge in [0.1, 0.15) is 5.56 Å². The monoisotopic (exact) mass is 171 g/mol. The lowest BCUT2D eigenvalue weighted by Crippen LogP contribution is -2.06. The minimum absolute atomic E-state index is 0.0332. The summed E-state index contributed by atoms with van der Waals surface area (Å²) in [6.45, 7) is -0.325. The van der Waals surface area contributed by atoms with E-state index in [1.54, 1.807) is 0 Å². The van der Waals surface area contributed by atoms with E-state index in [4.69, 9.17) is 10.8 Å². The Hall–Kier alpha value is -1.56. The first kappa shape index (κ1) is 8.54. The van der Waals surface area contributed by atoms with E-state index in [-0.39, 0.29) is 23.7 Å². The van der Waals surface area contributed by atoms with E-state index in [9.17, 15) is 4.79 Å². The van der Waals surface area contributed by atoms with Crippen LogP contribution in [0.5, 0.6) is 0 Å². The smallest absolute Gasteiger partial charge is 0.343 e. The zero-order valence-corrected chi connectivity index (χ0v) is 6.50. The molecule has 1 aromatic heterocycles. The molecule has 0 saturated heterocycles. The Bertz CT molecular complexity index is 294. The number of ether oxygens (including phenoxy) is 1. The highest BCUT2D eigenvalue weighted by Crippen LogP contribution is 2.13. The first-order valence-corrected chi connectivity index (χ1v) is 3.22. The van der Waals surface area contributed by atoms with Crippen LogP contribution in [0.2, 0.25) is 0 Å². The molecule has 6 heteroatoms. The largest absolute Gasteiger partial charge is 0.465 e. The van der Waals surface area contributed by atoms with Crippen molar-refractivity contribution >= 4 is 11.8 Å². The number of methoxy groups -OCH3 is 1. The second-order valence-corrected chi connectivity index (χ2v) is 2.11. The lowest BCUT2D eigenvalue weighted by molar-refractivity contribution is 0.0598. The number of nitrogen functional groups attached to an aromatic ring is 1. The van der Waals surface area contributed by atoms with Crippen LogP contribution in [0.4, 0.5) is 5.82 Å². The number of aromatic amines is 1. The van der Waals surface area contributed by atoms with Gasteiger partial charge in [-0.15, -0.1) is 0 Å². The van der Waals surface area contributed by atoms with Crippen molar-refractivity contribution in [1.82, 2.24) is 10.2 Å². The molecule has 0 saturated carbocycles. The molecule has 0 aromatic carbocycles. The van der Waals surface area contributed by atoms with E-state index in [1.807, 2.05) is 0 Å². The zero-order valence-electron chi connectivity index (χ0n) is 6.50. The summed E-state index contributed by atoms with van der Waals surface area (Å²) in [5.74, 6) is -0.573. The number of aliphatic hydroxyl groups excluding tert-OH is 1. The van der Waals surface area contributed by atoms with Crippen LogP contribution >= 0.6 is 0 Å². The number of esters is 1. The number of carbonyl (C=O) groups is 1. The second-order valence-electron chi connectivity index (χ2n) is 2.11. The lowest BCUT2D eigenvalue weighted by atomic mass is 10.2. The van der Waals surface area contributed by atoms with Gasteiger partial charge >= 0.3 is 5.97 Å². The molecule has 0 aliphatic rings. The lowest BCUT2D eigenvalue weighted by Gasteiger charge is -1.97. The van der Waals surface area contributed by atoms with Crippen molar-refractivity contribution in [3.8, 4) is 0 Å². The van der Waals surface area contributed by atoms with Gasteiger partial charge in [-0.05, 0) is 0 Å². The van der Waals surface area contributed by atoms with Crippen molar-refractivity contribution in [2.45, 2.75) is 6.61 Å². The maximum absolute atomic E-state index is 11.0. The summed E-state index contributed by atoms with van der Waals surface area (Å²) in [5.41, 5.74) is 5.70. The summed E-state index contributed by atoms with van der Waals surface area (Å²) in [7, 11) is 1.23. The summed E-state index contributed by atoms with van der Waals surface area (Å²) in [5, 5.41) is 14.7. The van der Waals surface area contributed by atoms with Crippen molar-refractivity contribution in [1.29, 1.82) is 0 Å². The molecular formula is C6H9N3O3. The molecule has 0 aliphatic carbocycles. The van der Waals surface area contributed by atoms with Crippen LogP contribution in [-0.4, -0.2) is 28.4 Å². The van der Waals surface area contributed by atoms with Crippen molar-refractivity contribution in [3.05, 3.63) is 11.3 Å². The number of aliphatic hydroxyl groups is 1. The molecule has 0 unspecified atom stereocenters.